The highest BCUT2D eigenvalue weighted by molar-refractivity contribution is 6.21. The van der Waals surface area contributed by atoms with Gasteiger partial charge >= 0.3 is 11.9 Å². The van der Waals surface area contributed by atoms with Crippen molar-refractivity contribution in [2.45, 2.75) is 0 Å². The summed E-state index contributed by atoms with van der Waals surface area (Å²) in [5, 5.41) is 25.3. The number of rotatable bonds is 5. The van der Waals surface area contributed by atoms with Crippen molar-refractivity contribution >= 4 is 23.7 Å². The standard InChI is InChI=1S/C12H11NO4/c1-2-7-5-3-4-6-8(7)10(13)9(11(14)15)12(16)17/h2-6,9,13H,1H2,(H,14,15)(H,16,17). The molecule has 0 bridgehead atoms. The first-order valence-corrected chi connectivity index (χ1v) is 4.75. The van der Waals surface area contributed by atoms with Gasteiger partial charge in [0.1, 0.15) is 0 Å². The molecular weight excluding hydrogens is 222 g/mol. The fourth-order valence-corrected chi connectivity index (χ4v) is 1.43. The fraction of sp³-hybridized carbons (Fsp3) is 0.0833. The van der Waals surface area contributed by atoms with E-state index in [1.807, 2.05) is 0 Å². The Morgan fingerprint density at radius 2 is 1.76 bits per heavy atom. The summed E-state index contributed by atoms with van der Waals surface area (Å²) in [6.45, 7) is 3.53. The van der Waals surface area contributed by atoms with Crippen LogP contribution in [0.3, 0.4) is 0 Å². The minimum atomic E-state index is -1.86. The Balaban J connectivity index is 3.23. The van der Waals surface area contributed by atoms with Crippen LogP contribution in [0.2, 0.25) is 0 Å². The van der Waals surface area contributed by atoms with Crippen LogP contribution in [-0.2, 0) is 9.59 Å². The van der Waals surface area contributed by atoms with E-state index in [0.717, 1.165) is 0 Å². The molecule has 0 saturated heterocycles. The van der Waals surface area contributed by atoms with Crippen molar-refractivity contribution in [1.82, 2.24) is 0 Å². The average Bonchev–Trinajstić information content (AvgIpc) is 2.27. The molecule has 5 heteroatoms. The number of benzene rings is 1. The molecule has 0 aromatic heterocycles. The first-order chi connectivity index (χ1) is 7.99. The topological polar surface area (TPSA) is 98.5 Å². The van der Waals surface area contributed by atoms with Crippen molar-refractivity contribution in [3.05, 3.63) is 42.0 Å². The lowest BCUT2D eigenvalue weighted by atomic mass is 9.93. The normalized spacial score (nSPS) is 9.94. The molecule has 0 aliphatic heterocycles. The van der Waals surface area contributed by atoms with Gasteiger partial charge in [0.25, 0.3) is 0 Å². The second kappa shape index (κ2) is 5.07. The van der Waals surface area contributed by atoms with Crippen molar-refractivity contribution in [2.24, 2.45) is 5.92 Å². The fourth-order valence-electron chi connectivity index (χ4n) is 1.43. The van der Waals surface area contributed by atoms with Crippen molar-refractivity contribution in [1.29, 1.82) is 5.41 Å². The van der Waals surface area contributed by atoms with Crippen LogP contribution in [0.15, 0.2) is 30.8 Å². The van der Waals surface area contributed by atoms with Crippen LogP contribution in [-0.4, -0.2) is 27.9 Å². The lowest BCUT2D eigenvalue weighted by Gasteiger charge is -2.11. The molecule has 3 N–H and O–H groups in total. The number of hydrogen-bond donors (Lipinski definition) is 3. The Bertz CT molecular complexity index is 479. The molecule has 0 unspecified atom stereocenters. The summed E-state index contributed by atoms with van der Waals surface area (Å²) in [6, 6.07) is 6.44. The number of hydrogen-bond acceptors (Lipinski definition) is 3. The summed E-state index contributed by atoms with van der Waals surface area (Å²) < 4.78 is 0. The van der Waals surface area contributed by atoms with Gasteiger partial charge in [0, 0.05) is 5.56 Å². The van der Waals surface area contributed by atoms with Gasteiger partial charge in [-0.1, -0.05) is 36.9 Å². The van der Waals surface area contributed by atoms with E-state index in [1.165, 1.54) is 12.1 Å². The lowest BCUT2D eigenvalue weighted by Crippen LogP contribution is -2.32. The van der Waals surface area contributed by atoms with Crippen molar-refractivity contribution in [3.8, 4) is 0 Å². The molecule has 0 radical (unpaired) electrons. The van der Waals surface area contributed by atoms with Gasteiger partial charge in [-0.25, -0.2) is 0 Å². The van der Waals surface area contributed by atoms with Crippen LogP contribution in [0.25, 0.3) is 6.08 Å². The van der Waals surface area contributed by atoms with E-state index in [1.54, 1.807) is 18.2 Å². The molecule has 0 spiro atoms. The molecule has 17 heavy (non-hydrogen) atoms. The van der Waals surface area contributed by atoms with E-state index in [4.69, 9.17) is 15.6 Å². The van der Waals surface area contributed by atoms with E-state index >= 15 is 0 Å². The van der Waals surface area contributed by atoms with Gasteiger partial charge in [0.15, 0.2) is 5.92 Å². The Hall–Kier alpha value is -2.43. The van der Waals surface area contributed by atoms with Gasteiger partial charge in [-0.3, -0.25) is 9.59 Å². The van der Waals surface area contributed by atoms with Gasteiger partial charge in [0.05, 0.1) is 5.71 Å². The zero-order valence-corrected chi connectivity index (χ0v) is 8.88. The highest BCUT2D eigenvalue weighted by Gasteiger charge is 2.32. The Kier molecular flexibility index (Phi) is 3.77. The first kappa shape index (κ1) is 12.6. The van der Waals surface area contributed by atoms with Crippen LogP contribution < -0.4 is 0 Å². The van der Waals surface area contributed by atoms with Crippen LogP contribution in [0.5, 0.6) is 0 Å². The molecule has 1 rings (SSSR count). The van der Waals surface area contributed by atoms with Crippen LogP contribution in [0.1, 0.15) is 11.1 Å². The van der Waals surface area contributed by atoms with E-state index in [0.29, 0.717) is 5.56 Å². The molecule has 0 aliphatic carbocycles. The molecule has 0 fully saturated rings. The second-order valence-corrected chi connectivity index (χ2v) is 3.31. The summed E-state index contributed by atoms with van der Waals surface area (Å²) in [6.07, 6.45) is 1.45. The molecule has 0 atom stereocenters. The maximum atomic E-state index is 10.8. The van der Waals surface area contributed by atoms with Crippen LogP contribution in [0, 0.1) is 11.3 Å². The second-order valence-electron chi connectivity index (χ2n) is 3.31. The van der Waals surface area contributed by atoms with Crippen LogP contribution >= 0.6 is 0 Å². The van der Waals surface area contributed by atoms with E-state index in [2.05, 4.69) is 6.58 Å². The molecule has 0 heterocycles. The Labute approximate surface area is 97.5 Å². The highest BCUT2D eigenvalue weighted by atomic mass is 16.4. The summed E-state index contributed by atoms with van der Waals surface area (Å²) in [4.78, 5) is 21.6. The molecule has 1 aromatic rings. The summed E-state index contributed by atoms with van der Waals surface area (Å²) in [5.41, 5.74) is 0.336. The maximum Gasteiger partial charge on any atom is 0.324 e. The predicted octanol–water partition coefficient (Wildman–Crippen LogP) is 1.48. The third-order valence-electron chi connectivity index (χ3n) is 2.25. The summed E-state index contributed by atoms with van der Waals surface area (Å²) >= 11 is 0. The molecule has 0 aliphatic rings. The smallest absolute Gasteiger partial charge is 0.324 e. The maximum absolute atomic E-state index is 10.8. The van der Waals surface area contributed by atoms with E-state index < -0.39 is 23.6 Å². The van der Waals surface area contributed by atoms with Crippen molar-refractivity contribution in [2.75, 3.05) is 0 Å². The Morgan fingerprint density at radius 1 is 1.24 bits per heavy atom. The number of carboxylic acid groups (broad SMARTS) is 2. The molecule has 0 amide bonds. The molecule has 1 aromatic carbocycles. The van der Waals surface area contributed by atoms with Gasteiger partial charge in [0.2, 0.25) is 0 Å². The molecule has 0 saturated carbocycles. The largest absolute Gasteiger partial charge is 0.480 e. The van der Waals surface area contributed by atoms with Crippen molar-refractivity contribution in [3.63, 3.8) is 0 Å². The monoisotopic (exact) mass is 233 g/mol. The molecule has 5 nitrogen and oxygen atoms in total. The number of nitrogens with one attached hydrogen (secondary N) is 1. The van der Waals surface area contributed by atoms with Gasteiger partial charge in [-0.2, -0.15) is 0 Å². The highest BCUT2D eigenvalue weighted by Crippen LogP contribution is 2.16. The minimum Gasteiger partial charge on any atom is -0.480 e. The zero-order valence-electron chi connectivity index (χ0n) is 8.88. The zero-order chi connectivity index (χ0) is 13.0. The number of aliphatic carboxylic acids is 2. The van der Waals surface area contributed by atoms with Gasteiger partial charge in [-0.15, -0.1) is 0 Å². The van der Waals surface area contributed by atoms with E-state index in [9.17, 15) is 9.59 Å². The molecule has 88 valence electrons. The SMILES string of the molecule is C=Cc1ccccc1C(=N)C(C(=O)O)C(=O)O. The van der Waals surface area contributed by atoms with Crippen LogP contribution in [0.4, 0.5) is 0 Å². The first-order valence-electron chi connectivity index (χ1n) is 4.75. The lowest BCUT2D eigenvalue weighted by molar-refractivity contribution is -0.150. The predicted molar refractivity (Wildman–Crippen MR) is 62.1 cm³/mol. The minimum absolute atomic E-state index is 0.261. The van der Waals surface area contributed by atoms with Gasteiger partial charge in [-0.05, 0) is 5.56 Å². The third-order valence-corrected chi connectivity index (χ3v) is 2.25. The van der Waals surface area contributed by atoms with Gasteiger partial charge < -0.3 is 15.6 Å². The Morgan fingerprint density at radius 3 is 2.24 bits per heavy atom. The summed E-state index contributed by atoms with van der Waals surface area (Å²) in [5.74, 6) is -4.97. The number of carbonyl (C=O) groups is 2. The third kappa shape index (κ3) is 2.57. The van der Waals surface area contributed by atoms with Crippen molar-refractivity contribution < 1.29 is 19.8 Å². The summed E-state index contributed by atoms with van der Waals surface area (Å²) in [7, 11) is 0. The quantitative estimate of drug-likeness (QED) is 0.530. The van der Waals surface area contributed by atoms with E-state index in [-0.39, 0.29) is 5.56 Å². The number of carboxylic acids is 2. The molecular formula is C12H11NO4. The average molecular weight is 233 g/mol.